The molecular formula is C29H42N6O4. The predicted molar refractivity (Wildman–Crippen MR) is 154 cm³/mol. The summed E-state index contributed by atoms with van der Waals surface area (Å²) in [5, 5.41) is 28.2. The molecule has 1 fully saturated rings. The van der Waals surface area contributed by atoms with Gasteiger partial charge in [0.25, 0.3) is 0 Å². The Hall–Kier alpha value is -3.18. The van der Waals surface area contributed by atoms with Gasteiger partial charge in [0, 0.05) is 54.8 Å². The number of benzene rings is 1. The Labute approximate surface area is 230 Å². The minimum absolute atomic E-state index is 0.0596. The molecule has 6 N–H and O–H groups in total. The number of amides is 2. The van der Waals surface area contributed by atoms with Crippen LogP contribution in [-0.2, 0) is 10.2 Å². The van der Waals surface area contributed by atoms with Crippen LogP contribution in [0.5, 0.6) is 0 Å². The summed E-state index contributed by atoms with van der Waals surface area (Å²) >= 11 is 0. The van der Waals surface area contributed by atoms with E-state index in [1.165, 1.54) is 5.56 Å². The zero-order valence-corrected chi connectivity index (χ0v) is 23.5. The summed E-state index contributed by atoms with van der Waals surface area (Å²) in [5.74, 6) is 0. The van der Waals surface area contributed by atoms with Crippen molar-refractivity contribution in [2.24, 2.45) is 0 Å². The molecule has 1 aliphatic rings. The van der Waals surface area contributed by atoms with E-state index >= 15 is 0 Å². The van der Waals surface area contributed by atoms with E-state index in [1.54, 1.807) is 23.0 Å². The van der Waals surface area contributed by atoms with Crippen molar-refractivity contribution >= 4 is 28.4 Å². The van der Waals surface area contributed by atoms with Gasteiger partial charge in [0.05, 0.1) is 0 Å². The van der Waals surface area contributed by atoms with Gasteiger partial charge < -0.3 is 35.9 Å². The molecule has 0 radical (unpaired) electrons. The number of hydrogen-bond donors (Lipinski definition) is 5. The number of aliphatic hydroxyl groups is 2. The first-order chi connectivity index (χ1) is 18.5. The van der Waals surface area contributed by atoms with Crippen molar-refractivity contribution < 1.29 is 19.7 Å². The molecule has 3 heterocycles. The number of anilines is 2. The normalized spacial score (nSPS) is 21.7. The van der Waals surface area contributed by atoms with Crippen LogP contribution in [0.15, 0.2) is 48.8 Å². The van der Waals surface area contributed by atoms with Gasteiger partial charge in [0.2, 0.25) is 0 Å². The van der Waals surface area contributed by atoms with E-state index in [2.05, 4.69) is 55.1 Å². The number of fused-ring (bicyclic) bond motifs is 1. The number of nitrogens with zero attached hydrogens (tertiary/aromatic N) is 3. The number of aliphatic hydroxyl groups excluding tert-OH is 2. The molecule has 0 aliphatic carbocycles. The van der Waals surface area contributed by atoms with Crippen LogP contribution in [0.4, 0.5) is 16.2 Å². The van der Waals surface area contributed by atoms with Gasteiger partial charge >= 0.3 is 6.03 Å². The molecule has 0 saturated carbocycles. The highest BCUT2D eigenvalue weighted by atomic mass is 16.6. The van der Waals surface area contributed by atoms with Crippen LogP contribution in [0.1, 0.15) is 52.8 Å². The van der Waals surface area contributed by atoms with Gasteiger partial charge in [-0.2, -0.15) is 0 Å². The molecule has 2 amide bonds. The number of ether oxygens (including phenoxy) is 1. The summed E-state index contributed by atoms with van der Waals surface area (Å²) in [6.45, 7) is 12.2. The van der Waals surface area contributed by atoms with Crippen LogP contribution in [-0.4, -0.2) is 74.7 Å². The number of hydrogen-bond acceptors (Lipinski definition) is 7. The summed E-state index contributed by atoms with van der Waals surface area (Å²) in [6.07, 6.45) is 0.587. The van der Waals surface area contributed by atoms with Crippen LogP contribution in [0.25, 0.3) is 11.0 Å². The monoisotopic (exact) mass is 538 g/mol. The molecule has 1 aliphatic heterocycles. The Bertz CT molecular complexity index is 1250. The Kier molecular flexibility index (Phi) is 8.80. The number of carbonyl (C=O) groups is 1. The molecule has 39 heavy (non-hydrogen) atoms. The second-order valence-corrected chi connectivity index (χ2v) is 11.6. The third kappa shape index (κ3) is 6.70. The first kappa shape index (κ1) is 28.8. The Morgan fingerprint density at radius 1 is 1.15 bits per heavy atom. The summed E-state index contributed by atoms with van der Waals surface area (Å²) in [6, 6.07) is 11.4. The van der Waals surface area contributed by atoms with Crippen LogP contribution < -0.4 is 16.4 Å². The van der Waals surface area contributed by atoms with Crippen LogP contribution in [0, 0.1) is 0 Å². The van der Waals surface area contributed by atoms with Gasteiger partial charge in [-0.3, -0.25) is 4.90 Å². The number of nitrogens with one attached hydrogen (secondary N) is 2. The fourth-order valence-corrected chi connectivity index (χ4v) is 4.90. The average Bonchev–Trinajstić information content (AvgIpc) is 3.42. The van der Waals surface area contributed by atoms with E-state index < -0.39 is 24.5 Å². The fourth-order valence-electron chi connectivity index (χ4n) is 4.90. The molecule has 4 rings (SSSR count). The lowest BCUT2D eigenvalue weighted by Crippen LogP contribution is -2.44. The van der Waals surface area contributed by atoms with Crippen LogP contribution in [0.3, 0.4) is 0 Å². The van der Waals surface area contributed by atoms with Crippen molar-refractivity contribution in [2.75, 3.05) is 30.7 Å². The predicted octanol–water partition coefficient (Wildman–Crippen LogP) is 3.46. The highest BCUT2D eigenvalue weighted by molar-refractivity contribution is 5.89. The first-order valence-corrected chi connectivity index (χ1v) is 13.6. The standard InChI is InChI=1S/C29H42N6O4/c1-18(2)34(15-6-13-32-28(38)33-20-9-7-19(8-10-20)29(3,4)5)17-23-24(36)25(37)27(39-23)35-16-12-21-22(30)11-14-31-26(21)35/h7-12,14,16,18,23-25,27,36-37H,6,13,15,17H2,1-5H3,(H2,30,31)(H2,32,33,38)/t23-,24-,25-,27-/m1/s1. The third-order valence-corrected chi connectivity index (χ3v) is 7.32. The maximum atomic E-state index is 12.4. The lowest BCUT2D eigenvalue weighted by molar-refractivity contribution is -0.0465. The maximum absolute atomic E-state index is 12.4. The Morgan fingerprint density at radius 3 is 2.54 bits per heavy atom. The van der Waals surface area contributed by atoms with Crippen molar-refractivity contribution in [3.05, 3.63) is 54.4 Å². The van der Waals surface area contributed by atoms with Gasteiger partial charge in [-0.15, -0.1) is 0 Å². The molecule has 10 nitrogen and oxygen atoms in total. The third-order valence-electron chi connectivity index (χ3n) is 7.32. The van der Waals surface area contributed by atoms with Crippen molar-refractivity contribution in [1.82, 2.24) is 19.8 Å². The van der Waals surface area contributed by atoms with Crippen molar-refractivity contribution in [2.45, 2.75) is 77.0 Å². The van der Waals surface area contributed by atoms with Crippen molar-refractivity contribution in [1.29, 1.82) is 0 Å². The number of urea groups is 1. The molecule has 1 aromatic carbocycles. The molecule has 212 valence electrons. The van der Waals surface area contributed by atoms with Gasteiger partial charge in [-0.05, 0) is 55.5 Å². The number of pyridine rings is 1. The van der Waals surface area contributed by atoms with E-state index in [-0.39, 0.29) is 17.5 Å². The summed E-state index contributed by atoms with van der Waals surface area (Å²) in [4.78, 5) is 18.9. The zero-order chi connectivity index (χ0) is 28.3. The van der Waals surface area contributed by atoms with Crippen LogP contribution in [0.2, 0.25) is 0 Å². The van der Waals surface area contributed by atoms with E-state index in [0.29, 0.717) is 31.0 Å². The second kappa shape index (κ2) is 11.9. The van der Waals surface area contributed by atoms with Crippen molar-refractivity contribution in [3.63, 3.8) is 0 Å². The lowest BCUT2D eigenvalue weighted by Gasteiger charge is -2.30. The van der Waals surface area contributed by atoms with E-state index in [4.69, 9.17) is 10.5 Å². The van der Waals surface area contributed by atoms with Crippen LogP contribution >= 0.6 is 0 Å². The molecule has 3 aromatic rings. The largest absolute Gasteiger partial charge is 0.398 e. The molecule has 0 unspecified atom stereocenters. The zero-order valence-electron chi connectivity index (χ0n) is 23.5. The maximum Gasteiger partial charge on any atom is 0.319 e. The number of carbonyl (C=O) groups excluding carboxylic acids is 1. The highest BCUT2D eigenvalue weighted by Gasteiger charge is 2.44. The summed E-state index contributed by atoms with van der Waals surface area (Å²) < 4.78 is 7.88. The van der Waals surface area contributed by atoms with E-state index in [9.17, 15) is 15.0 Å². The highest BCUT2D eigenvalue weighted by Crippen LogP contribution is 2.33. The molecular weight excluding hydrogens is 496 g/mol. The van der Waals surface area contributed by atoms with Gasteiger partial charge in [0.15, 0.2) is 6.23 Å². The Morgan fingerprint density at radius 2 is 1.87 bits per heavy atom. The smallest absolute Gasteiger partial charge is 0.319 e. The first-order valence-electron chi connectivity index (χ1n) is 13.6. The topological polar surface area (TPSA) is 138 Å². The number of rotatable bonds is 9. The molecule has 10 heteroatoms. The van der Waals surface area contributed by atoms with E-state index in [1.807, 2.05) is 30.3 Å². The SMILES string of the molecule is CC(C)N(CCCNC(=O)Nc1ccc(C(C)(C)C)cc1)C[C@H]1O[C@@H](n2ccc3c(N)ccnc32)[C@H](O)[C@@H]1O. The number of nitrogens with two attached hydrogens (primary N) is 1. The quantitative estimate of drug-likeness (QED) is 0.263. The van der Waals surface area contributed by atoms with Gasteiger partial charge in [0.1, 0.15) is 24.0 Å². The summed E-state index contributed by atoms with van der Waals surface area (Å²) in [7, 11) is 0. The minimum Gasteiger partial charge on any atom is -0.398 e. The second-order valence-electron chi connectivity index (χ2n) is 11.6. The lowest BCUT2D eigenvalue weighted by atomic mass is 9.87. The average molecular weight is 539 g/mol. The van der Waals surface area contributed by atoms with Crippen molar-refractivity contribution in [3.8, 4) is 0 Å². The van der Waals surface area contributed by atoms with Gasteiger partial charge in [-0.1, -0.05) is 32.9 Å². The molecule has 1 saturated heterocycles. The molecule has 4 atom stereocenters. The summed E-state index contributed by atoms with van der Waals surface area (Å²) in [5.41, 5.74) is 9.26. The number of aromatic nitrogens is 2. The molecule has 0 bridgehead atoms. The van der Waals surface area contributed by atoms with Gasteiger partial charge in [-0.25, -0.2) is 9.78 Å². The number of nitrogen functional groups attached to an aromatic ring is 1. The molecule has 2 aromatic heterocycles. The Balaban J connectivity index is 1.27. The minimum atomic E-state index is -1.11. The fraction of sp³-hybridized carbons (Fsp3) is 0.517. The van der Waals surface area contributed by atoms with E-state index in [0.717, 1.165) is 17.5 Å². The molecule has 0 spiro atoms.